The van der Waals surface area contributed by atoms with E-state index in [-0.39, 0.29) is 12.5 Å². The largest absolute Gasteiger partial charge is 0.347 e. The molecule has 0 spiro atoms. The Labute approximate surface area is 129 Å². The van der Waals surface area contributed by atoms with Crippen LogP contribution < -0.4 is 5.32 Å². The average Bonchev–Trinajstić information content (AvgIpc) is 3.04. The van der Waals surface area contributed by atoms with E-state index in [1.807, 2.05) is 12.1 Å². The van der Waals surface area contributed by atoms with Crippen LogP contribution in [0, 0.1) is 5.92 Å². The van der Waals surface area contributed by atoms with E-state index < -0.39 is 0 Å². The second-order valence-corrected chi connectivity index (χ2v) is 5.73. The summed E-state index contributed by atoms with van der Waals surface area (Å²) in [4.78, 5) is 20.2. The summed E-state index contributed by atoms with van der Waals surface area (Å²) in [6.07, 6.45) is 10.1. The molecule has 0 aromatic carbocycles. The summed E-state index contributed by atoms with van der Waals surface area (Å²) in [6.45, 7) is 0.281. The molecule has 6 nitrogen and oxygen atoms in total. The van der Waals surface area contributed by atoms with E-state index in [0.717, 1.165) is 5.56 Å². The quantitative estimate of drug-likeness (QED) is 0.918. The zero-order valence-electron chi connectivity index (χ0n) is 12.5. The van der Waals surface area contributed by atoms with Gasteiger partial charge in [-0.2, -0.15) is 4.98 Å². The fraction of sp³-hybridized carbons (Fsp3) is 0.500. The number of nitrogens with zero attached hydrogens (tertiary/aromatic N) is 3. The Morgan fingerprint density at radius 3 is 2.77 bits per heavy atom. The zero-order valence-corrected chi connectivity index (χ0v) is 12.5. The molecule has 116 valence electrons. The van der Waals surface area contributed by atoms with Crippen LogP contribution >= 0.6 is 0 Å². The molecule has 1 saturated carbocycles. The molecule has 1 aliphatic rings. The van der Waals surface area contributed by atoms with Crippen LogP contribution in [0.25, 0.3) is 11.4 Å². The van der Waals surface area contributed by atoms with Crippen LogP contribution in [0.2, 0.25) is 0 Å². The Morgan fingerprint density at radius 2 is 2.00 bits per heavy atom. The van der Waals surface area contributed by atoms with E-state index in [4.69, 9.17) is 4.52 Å². The number of nitrogens with one attached hydrogen (secondary N) is 1. The van der Waals surface area contributed by atoms with Crippen molar-refractivity contribution < 1.29 is 9.32 Å². The number of aromatic nitrogens is 3. The van der Waals surface area contributed by atoms with Gasteiger partial charge in [-0.25, -0.2) is 0 Å². The van der Waals surface area contributed by atoms with Gasteiger partial charge < -0.3 is 9.84 Å². The maximum absolute atomic E-state index is 12.0. The van der Waals surface area contributed by atoms with Crippen molar-refractivity contribution in [1.29, 1.82) is 0 Å². The lowest BCUT2D eigenvalue weighted by Crippen LogP contribution is -2.26. The third-order valence-electron chi connectivity index (χ3n) is 4.04. The van der Waals surface area contributed by atoms with E-state index in [9.17, 15) is 4.79 Å². The fourth-order valence-corrected chi connectivity index (χ4v) is 2.84. The van der Waals surface area contributed by atoms with E-state index in [1.165, 1.54) is 32.1 Å². The fourth-order valence-electron chi connectivity index (χ4n) is 2.84. The minimum Gasteiger partial charge on any atom is -0.347 e. The minimum absolute atomic E-state index is 0.0653. The van der Waals surface area contributed by atoms with Gasteiger partial charge in [-0.1, -0.05) is 24.4 Å². The van der Waals surface area contributed by atoms with Gasteiger partial charge in [0.2, 0.25) is 17.6 Å². The van der Waals surface area contributed by atoms with Crippen LogP contribution in [0.3, 0.4) is 0 Å². The van der Waals surface area contributed by atoms with Gasteiger partial charge >= 0.3 is 0 Å². The van der Waals surface area contributed by atoms with Crippen LogP contribution in [0.4, 0.5) is 0 Å². The van der Waals surface area contributed by atoms with Crippen molar-refractivity contribution in [1.82, 2.24) is 20.4 Å². The highest BCUT2D eigenvalue weighted by Gasteiger charge is 2.17. The molecule has 0 atom stereocenters. The molecule has 0 bridgehead atoms. The summed E-state index contributed by atoms with van der Waals surface area (Å²) in [5.41, 5.74) is 0.846. The van der Waals surface area contributed by atoms with Crippen molar-refractivity contribution in [3.05, 3.63) is 30.4 Å². The van der Waals surface area contributed by atoms with Gasteiger partial charge in [-0.05, 0) is 30.9 Å². The standard InChI is InChI=1S/C16H20N4O2/c21-14(10-12-4-2-1-3-5-12)18-11-15-19-16(20-22-15)13-6-8-17-9-7-13/h6-9,12H,1-5,10-11H2,(H,18,21). The van der Waals surface area contributed by atoms with Gasteiger partial charge in [0.05, 0.1) is 6.54 Å². The van der Waals surface area contributed by atoms with Crippen LogP contribution in [0.5, 0.6) is 0 Å². The summed E-state index contributed by atoms with van der Waals surface area (Å²) in [6, 6.07) is 3.63. The highest BCUT2D eigenvalue weighted by molar-refractivity contribution is 5.76. The summed E-state index contributed by atoms with van der Waals surface area (Å²) in [7, 11) is 0. The van der Waals surface area contributed by atoms with Gasteiger partial charge in [-0.3, -0.25) is 9.78 Å². The molecule has 22 heavy (non-hydrogen) atoms. The molecule has 2 aromatic rings. The van der Waals surface area contributed by atoms with Gasteiger partial charge in [-0.15, -0.1) is 0 Å². The van der Waals surface area contributed by atoms with Crippen LogP contribution in [0.15, 0.2) is 29.0 Å². The number of carbonyl (C=O) groups excluding carboxylic acids is 1. The molecule has 3 rings (SSSR count). The second kappa shape index (κ2) is 7.15. The molecule has 0 radical (unpaired) electrons. The van der Waals surface area contributed by atoms with Gasteiger partial charge in [0.25, 0.3) is 0 Å². The molecule has 0 unspecified atom stereocenters. The summed E-state index contributed by atoms with van der Waals surface area (Å²) in [5, 5.41) is 6.78. The van der Waals surface area contributed by atoms with Crippen molar-refractivity contribution in [2.75, 3.05) is 0 Å². The van der Waals surface area contributed by atoms with E-state index in [0.29, 0.717) is 24.1 Å². The maximum Gasteiger partial charge on any atom is 0.246 e. The number of rotatable bonds is 5. The zero-order chi connectivity index (χ0) is 15.2. The molecule has 0 saturated heterocycles. The first-order valence-corrected chi connectivity index (χ1v) is 7.81. The van der Waals surface area contributed by atoms with Crippen LogP contribution in [-0.4, -0.2) is 21.0 Å². The van der Waals surface area contributed by atoms with Crippen LogP contribution in [0.1, 0.15) is 44.4 Å². The van der Waals surface area contributed by atoms with Gasteiger partial charge in [0.1, 0.15) is 0 Å². The Kier molecular flexibility index (Phi) is 4.78. The van der Waals surface area contributed by atoms with E-state index >= 15 is 0 Å². The average molecular weight is 300 g/mol. The Hall–Kier alpha value is -2.24. The first-order chi connectivity index (χ1) is 10.8. The molecule has 0 aliphatic heterocycles. The maximum atomic E-state index is 12.0. The smallest absolute Gasteiger partial charge is 0.246 e. The SMILES string of the molecule is O=C(CC1CCCCC1)NCc1nc(-c2ccncc2)no1. The number of hydrogen-bond donors (Lipinski definition) is 1. The Balaban J connectivity index is 1.49. The molecule has 2 heterocycles. The van der Waals surface area contributed by atoms with Crippen molar-refractivity contribution in [3.8, 4) is 11.4 Å². The highest BCUT2D eigenvalue weighted by Crippen LogP contribution is 2.26. The number of carbonyl (C=O) groups is 1. The number of amides is 1. The summed E-state index contributed by atoms with van der Waals surface area (Å²) >= 11 is 0. The molecule has 2 aromatic heterocycles. The highest BCUT2D eigenvalue weighted by atomic mass is 16.5. The Morgan fingerprint density at radius 1 is 1.23 bits per heavy atom. The lowest BCUT2D eigenvalue weighted by atomic mass is 9.87. The third kappa shape index (κ3) is 3.90. The van der Waals surface area contributed by atoms with E-state index in [2.05, 4.69) is 20.4 Å². The topological polar surface area (TPSA) is 80.9 Å². The molecule has 1 N–H and O–H groups in total. The number of pyridine rings is 1. The minimum atomic E-state index is 0.0653. The monoisotopic (exact) mass is 300 g/mol. The Bertz CT molecular complexity index is 606. The van der Waals surface area contributed by atoms with Crippen molar-refractivity contribution in [2.24, 2.45) is 5.92 Å². The number of hydrogen-bond acceptors (Lipinski definition) is 5. The second-order valence-electron chi connectivity index (χ2n) is 5.73. The predicted octanol–water partition coefficient (Wildman–Crippen LogP) is 2.72. The lowest BCUT2D eigenvalue weighted by Gasteiger charge is -2.20. The van der Waals surface area contributed by atoms with Crippen molar-refractivity contribution in [3.63, 3.8) is 0 Å². The molecule has 1 fully saturated rings. The van der Waals surface area contributed by atoms with Crippen LogP contribution in [-0.2, 0) is 11.3 Å². The first-order valence-electron chi connectivity index (χ1n) is 7.81. The summed E-state index contributed by atoms with van der Waals surface area (Å²) in [5.74, 6) is 1.53. The van der Waals surface area contributed by atoms with Gasteiger partial charge in [0, 0.05) is 24.4 Å². The van der Waals surface area contributed by atoms with Crippen molar-refractivity contribution >= 4 is 5.91 Å². The van der Waals surface area contributed by atoms with Gasteiger partial charge in [0.15, 0.2) is 0 Å². The molecular weight excluding hydrogens is 280 g/mol. The third-order valence-corrected chi connectivity index (χ3v) is 4.04. The predicted molar refractivity (Wildman–Crippen MR) is 80.6 cm³/mol. The van der Waals surface area contributed by atoms with Crippen molar-refractivity contribution in [2.45, 2.75) is 45.1 Å². The van der Waals surface area contributed by atoms with E-state index in [1.54, 1.807) is 12.4 Å². The first kappa shape index (κ1) is 14.7. The lowest BCUT2D eigenvalue weighted by molar-refractivity contribution is -0.122. The molecular formula is C16H20N4O2. The molecule has 6 heteroatoms. The summed E-state index contributed by atoms with van der Waals surface area (Å²) < 4.78 is 5.16. The normalized spacial score (nSPS) is 15.6. The molecule has 1 amide bonds. The molecule has 1 aliphatic carbocycles.